The quantitative estimate of drug-likeness (QED) is 0.483. The van der Waals surface area contributed by atoms with E-state index in [1.807, 2.05) is 37.6 Å². The second kappa shape index (κ2) is 10.8. The second-order valence-corrected chi connectivity index (χ2v) is 8.44. The van der Waals surface area contributed by atoms with E-state index in [1.165, 1.54) is 0 Å². The van der Waals surface area contributed by atoms with E-state index >= 15 is 0 Å². The number of nitrogens with zero attached hydrogens (tertiary/aromatic N) is 2. The van der Waals surface area contributed by atoms with Crippen molar-refractivity contribution in [3.8, 4) is 5.75 Å². The van der Waals surface area contributed by atoms with Gasteiger partial charge in [0.2, 0.25) is 5.91 Å². The highest BCUT2D eigenvalue weighted by Gasteiger charge is 2.16. The molecule has 33 heavy (non-hydrogen) atoms. The van der Waals surface area contributed by atoms with Crippen LogP contribution in [0.25, 0.3) is 0 Å². The highest BCUT2D eigenvalue weighted by atomic mass is 16.5. The van der Waals surface area contributed by atoms with E-state index in [0.29, 0.717) is 29.5 Å². The van der Waals surface area contributed by atoms with E-state index in [0.717, 1.165) is 29.2 Å². The summed E-state index contributed by atoms with van der Waals surface area (Å²) < 4.78 is 7.38. The Bertz CT molecular complexity index is 1100. The van der Waals surface area contributed by atoms with Crippen LogP contribution in [0, 0.1) is 19.8 Å². The first-order chi connectivity index (χ1) is 15.8. The van der Waals surface area contributed by atoms with Crippen LogP contribution >= 0.6 is 0 Å². The number of nitrogens with one attached hydrogen (secondary N) is 2. The zero-order valence-electron chi connectivity index (χ0n) is 19.9. The van der Waals surface area contributed by atoms with E-state index in [-0.39, 0.29) is 18.2 Å². The average molecular weight is 449 g/mol. The number of benzene rings is 2. The molecule has 0 fully saturated rings. The van der Waals surface area contributed by atoms with Crippen LogP contribution in [0.3, 0.4) is 0 Å². The maximum atomic E-state index is 12.6. The second-order valence-electron chi connectivity index (χ2n) is 8.44. The molecule has 0 spiro atoms. The van der Waals surface area contributed by atoms with E-state index in [2.05, 4.69) is 29.6 Å². The molecular formula is C26H32N4O3. The number of anilines is 2. The first kappa shape index (κ1) is 24.0. The Morgan fingerprint density at radius 1 is 0.970 bits per heavy atom. The summed E-state index contributed by atoms with van der Waals surface area (Å²) in [6.45, 7) is 11.6. The Hall–Kier alpha value is -3.61. The zero-order chi connectivity index (χ0) is 24.0. The van der Waals surface area contributed by atoms with Gasteiger partial charge in [0.15, 0.2) is 0 Å². The van der Waals surface area contributed by atoms with Crippen LogP contribution in [-0.2, 0) is 17.8 Å². The Morgan fingerprint density at radius 2 is 1.58 bits per heavy atom. The Balaban J connectivity index is 1.58. The van der Waals surface area contributed by atoms with Crippen LogP contribution < -0.4 is 15.4 Å². The molecule has 3 aromatic rings. The van der Waals surface area contributed by atoms with Crippen LogP contribution in [0.2, 0.25) is 0 Å². The summed E-state index contributed by atoms with van der Waals surface area (Å²) in [6, 6.07) is 14.1. The lowest BCUT2D eigenvalue weighted by Gasteiger charge is -2.09. The number of ether oxygens (including phenoxy) is 1. The highest BCUT2D eigenvalue weighted by Crippen LogP contribution is 2.19. The minimum atomic E-state index is -0.221. The lowest BCUT2D eigenvalue weighted by atomic mass is 10.1. The van der Waals surface area contributed by atoms with E-state index in [9.17, 15) is 9.59 Å². The summed E-state index contributed by atoms with van der Waals surface area (Å²) in [5, 5.41) is 10.3. The molecule has 0 saturated carbocycles. The lowest BCUT2D eigenvalue weighted by Crippen LogP contribution is -2.16. The summed E-state index contributed by atoms with van der Waals surface area (Å²) >= 11 is 0. The number of aryl methyl sites for hydroxylation is 1. The summed E-state index contributed by atoms with van der Waals surface area (Å²) in [5.74, 6) is 0.904. The van der Waals surface area contributed by atoms with Gasteiger partial charge in [-0.05, 0) is 75.2 Å². The molecular weight excluding hydrogens is 416 g/mol. The van der Waals surface area contributed by atoms with Gasteiger partial charge in [0.1, 0.15) is 5.75 Å². The van der Waals surface area contributed by atoms with Gasteiger partial charge in [-0.15, -0.1) is 0 Å². The normalized spacial score (nSPS) is 10.8. The zero-order valence-corrected chi connectivity index (χ0v) is 19.9. The maximum Gasteiger partial charge on any atom is 0.255 e. The van der Waals surface area contributed by atoms with Gasteiger partial charge in [0.05, 0.1) is 18.7 Å². The molecule has 1 heterocycles. The van der Waals surface area contributed by atoms with Crippen molar-refractivity contribution in [3.63, 3.8) is 0 Å². The molecule has 1 aromatic heterocycles. The number of carbonyl (C=O) groups excluding carboxylic acids is 2. The first-order valence-corrected chi connectivity index (χ1v) is 11.2. The predicted molar refractivity (Wildman–Crippen MR) is 131 cm³/mol. The van der Waals surface area contributed by atoms with Crippen molar-refractivity contribution in [2.45, 2.75) is 47.6 Å². The number of aromatic nitrogens is 2. The first-order valence-electron chi connectivity index (χ1n) is 11.2. The topological polar surface area (TPSA) is 85.2 Å². The van der Waals surface area contributed by atoms with E-state index in [1.54, 1.807) is 36.4 Å². The molecule has 7 heteroatoms. The average Bonchev–Trinajstić information content (AvgIpc) is 3.02. The van der Waals surface area contributed by atoms with Crippen molar-refractivity contribution in [2.24, 2.45) is 5.92 Å². The summed E-state index contributed by atoms with van der Waals surface area (Å²) in [5.41, 5.74) is 4.69. The van der Waals surface area contributed by atoms with Crippen LogP contribution in [-0.4, -0.2) is 28.2 Å². The molecule has 0 unspecified atom stereocenters. The van der Waals surface area contributed by atoms with Crippen molar-refractivity contribution in [2.75, 3.05) is 17.2 Å². The van der Waals surface area contributed by atoms with Gasteiger partial charge < -0.3 is 15.4 Å². The third-order valence-corrected chi connectivity index (χ3v) is 5.26. The van der Waals surface area contributed by atoms with Crippen molar-refractivity contribution in [1.29, 1.82) is 0 Å². The van der Waals surface area contributed by atoms with E-state index < -0.39 is 0 Å². The van der Waals surface area contributed by atoms with Crippen molar-refractivity contribution >= 4 is 23.2 Å². The van der Waals surface area contributed by atoms with Gasteiger partial charge >= 0.3 is 0 Å². The molecule has 0 atom stereocenters. The standard InChI is InChI=1S/C26H32N4O3/c1-6-33-23-13-11-22(12-14-23)28-26(32)20-7-9-21(10-8-20)27-25(31)15-24-18(4)29-30(19(24)5)16-17(2)3/h7-14,17H,6,15-16H2,1-5H3,(H,27,31)(H,28,32). The maximum absolute atomic E-state index is 12.6. The van der Waals surface area contributed by atoms with Crippen LogP contribution in [0.1, 0.15) is 48.1 Å². The minimum absolute atomic E-state index is 0.114. The Kier molecular flexibility index (Phi) is 7.87. The van der Waals surface area contributed by atoms with Crippen LogP contribution in [0.5, 0.6) is 5.75 Å². The van der Waals surface area contributed by atoms with Crippen LogP contribution in [0.15, 0.2) is 48.5 Å². The monoisotopic (exact) mass is 448 g/mol. The third kappa shape index (κ3) is 6.44. The van der Waals surface area contributed by atoms with Crippen molar-refractivity contribution in [3.05, 3.63) is 71.0 Å². The fourth-order valence-corrected chi connectivity index (χ4v) is 3.59. The molecule has 2 aromatic carbocycles. The molecule has 174 valence electrons. The smallest absolute Gasteiger partial charge is 0.255 e. The van der Waals surface area contributed by atoms with Gasteiger partial charge in [-0.2, -0.15) is 5.10 Å². The Labute approximate surface area is 195 Å². The number of hydrogen-bond donors (Lipinski definition) is 2. The molecule has 0 aliphatic carbocycles. The molecule has 7 nitrogen and oxygen atoms in total. The van der Waals surface area contributed by atoms with Gasteiger partial charge in [-0.25, -0.2) is 0 Å². The molecule has 0 radical (unpaired) electrons. The number of rotatable bonds is 9. The fraction of sp³-hybridized carbons (Fsp3) is 0.346. The molecule has 0 aliphatic rings. The fourth-order valence-electron chi connectivity index (χ4n) is 3.59. The van der Waals surface area contributed by atoms with Crippen molar-refractivity contribution < 1.29 is 14.3 Å². The highest BCUT2D eigenvalue weighted by molar-refractivity contribution is 6.04. The molecule has 3 rings (SSSR count). The molecule has 0 bridgehead atoms. The molecule has 2 amide bonds. The van der Waals surface area contributed by atoms with Gasteiger partial charge in [-0.3, -0.25) is 14.3 Å². The molecule has 0 aliphatic heterocycles. The third-order valence-electron chi connectivity index (χ3n) is 5.26. The summed E-state index contributed by atoms with van der Waals surface area (Å²) in [4.78, 5) is 25.1. The van der Waals surface area contributed by atoms with Crippen LogP contribution in [0.4, 0.5) is 11.4 Å². The van der Waals surface area contributed by atoms with Gasteiger partial charge in [0, 0.05) is 34.7 Å². The minimum Gasteiger partial charge on any atom is -0.494 e. The largest absolute Gasteiger partial charge is 0.494 e. The SMILES string of the molecule is CCOc1ccc(NC(=O)c2ccc(NC(=O)Cc3c(C)nn(CC(C)C)c3C)cc2)cc1. The lowest BCUT2D eigenvalue weighted by molar-refractivity contribution is -0.115. The summed E-state index contributed by atoms with van der Waals surface area (Å²) in [6.07, 6.45) is 0.260. The number of carbonyl (C=O) groups is 2. The number of hydrogen-bond acceptors (Lipinski definition) is 4. The number of amides is 2. The molecule has 2 N–H and O–H groups in total. The summed E-state index contributed by atoms with van der Waals surface area (Å²) in [7, 11) is 0. The molecule has 0 saturated heterocycles. The Morgan fingerprint density at radius 3 is 2.18 bits per heavy atom. The van der Waals surface area contributed by atoms with Crippen molar-refractivity contribution in [1.82, 2.24) is 9.78 Å². The van der Waals surface area contributed by atoms with E-state index in [4.69, 9.17) is 4.74 Å². The van der Waals surface area contributed by atoms with Gasteiger partial charge in [-0.1, -0.05) is 13.8 Å². The van der Waals surface area contributed by atoms with Gasteiger partial charge in [0.25, 0.3) is 5.91 Å². The predicted octanol–water partition coefficient (Wildman–Crippen LogP) is 4.99.